The first-order chi connectivity index (χ1) is 9.13. The standard InChI is InChI=1S/C15H19NO3/c1-10-4-3-5-11(2)15(10)19-14(17)8-16-6-12-9-18-13(12)7-16/h3-5,12-13H,6-9H2,1-2H3. The zero-order chi connectivity index (χ0) is 13.4. The molecule has 3 rings (SSSR count). The molecule has 2 unspecified atom stereocenters. The summed E-state index contributed by atoms with van der Waals surface area (Å²) >= 11 is 0. The number of hydrogen-bond donors (Lipinski definition) is 0. The zero-order valence-corrected chi connectivity index (χ0v) is 11.4. The first-order valence-corrected chi connectivity index (χ1v) is 6.74. The van der Waals surface area contributed by atoms with E-state index < -0.39 is 0 Å². The summed E-state index contributed by atoms with van der Waals surface area (Å²) in [6, 6.07) is 5.89. The number of hydrogen-bond acceptors (Lipinski definition) is 4. The second-order valence-electron chi connectivity index (χ2n) is 5.52. The molecule has 2 aliphatic heterocycles. The van der Waals surface area contributed by atoms with Gasteiger partial charge in [-0.05, 0) is 25.0 Å². The SMILES string of the molecule is Cc1cccc(C)c1OC(=O)CN1CC2COC2C1. The molecule has 0 bridgehead atoms. The van der Waals surface area contributed by atoms with Gasteiger partial charge in [0.05, 0.1) is 19.3 Å². The van der Waals surface area contributed by atoms with Crippen molar-refractivity contribution in [1.82, 2.24) is 4.90 Å². The van der Waals surface area contributed by atoms with Crippen molar-refractivity contribution >= 4 is 5.97 Å². The Balaban J connectivity index is 1.59. The van der Waals surface area contributed by atoms with Crippen LogP contribution in [0.5, 0.6) is 5.75 Å². The van der Waals surface area contributed by atoms with E-state index in [1.54, 1.807) is 0 Å². The molecule has 0 amide bonds. The van der Waals surface area contributed by atoms with Crippen LogP contribution < -0.4 is 4.74 Å². The monoisotopic (exact) mass is 261 g/mol. The highest BCUT2D eigenvalue weighted by Crippen LogP contribution is 2.29. The summed E-state index contributed by atoms with van der Waals surface area (Å²) in [7, 11) is 0. The number of esters is 1. The van der Waals surface area contributed by atoms with Gasteiger partial charge in [-0.1, -0.05) is 18.2 Å². The third-order valence-electron chi connectivity index (χ3n) is 3.96. The molecule has 102 valence electrons. The quantitative estimate of drug-likeness (QED) is 0.611. The lowest BCUT2D eigenvalue weighted by atomic mass is 10.0. The topological polar surface area (TPSA) is 38.8 Å². The van der Waals surface area contributed by atoms with E-state index in [2.05, 4.69) is 4.90 Å². The van der Waals surface area contributed by atoms with Crippen LogP contribution in [0.15, 0.2) is 18.2 Å². The molecule has 0 aromatic heterocycles. The van der Waals surface area contributed by atoms with Crippen molar-refractivity contribution in [3.05, 3.63) is 29.3 Å². The number of nitrogens with zero attached hydrogens (tertiary/aromatic N) is 1. The number of likely N-dealkylation sites (tertiary alicyclic amines) is 1. The molecule has 2 aliphatic rings. The Kier molecular flexibility index (Phi) is 3.29. The maximum absolute atomic E-state index is 12.0. The lowest BCUT2D eigenvalue weighted by Gasteiger charge is -2.28. The van der Waals surface area contributed by atoms with Crippen LogP contribution in [-0.4, -0.2) is 43.2 Å². The Labute approximate surface area is 113 Å². The average molecular weight is 261 g/mol. The highest BCUT2D eigenvalue weighted by Gasteiger charge is 2.41. The van der Waals surface area contributed by atoms with Gasteiger partial charge in [0.25, 0.3) is 0 Å². The molecule has 19 heavy (non-hydrogen) atoms. The zero-order valence-electron chi connectivity index (χ0n) is 11.4. The van der Waals surface area contributed by atoms with E-state index in [9.17, 15) is 4.79 Å². The fourth-order valence-electron chi connectivity index (χ4n) is 2.82. The van der Waals surface area contributed by atoms with Gasteiger partial charge in [0, 0.05) is 19.0 Å². The summed E-state index contributed by atoms with van der Waals surface area (Å²) < 4.78 is 10.9. The van der Waals surface area contributed by atoms with Gasteiger partial charge in [0.1, 0.15) is 5.75 Å². The molecule has 1 aromatic carbocycles. The molecule has 4 heteroatoms. The van der Waals surface area contributed by atoms with Crippen LogP contribution in [0, 0.1) is 19.8 Å². The van der Waals surface area contributed by atoms with Crippen LogP contribution in [0.25, 0.3) is 0 Å². The maximum atomic E-state index is 12.0. The van der Waals surface area contributed by atoms with Crippen molar-refractivity contribution in [2.75, 3.05) is 26.2 Å². The van der Waals surface area contributed by atoms with Crippen LogP contribution in [0.3, 0.4) is 0 Å². The van der Waals surface area contributed by atoms with E-state index in [0.29, 0.717) is 24.3 Å². The van der Waals surface area contributed by atoms with Gasteiger partial charge in [-0.2, -0.15) is 0 Å². The minimum atomic E-state index is -0.182. The number of carbonyl (C=O) groups excluding carboxylic acids is 1. The van der Waals surface area contributed by atoms with E-state index in [-0.39, 0.29) is 5.97 Å². The summed E-state index contributed by atoms with van der Waals surface area (Å²) in [5, 5.41) is 0. The van der Waals surface area contributed by atoms with Gasteiger partial charge >= 0.3 is 5.97 Å². The summed E-state index contributed by atoms with van der Waals surface area (Å²) in [5.74, 6) is 1.14. The molecule has 0 saturated carbocycles. The van der Waals surface area contributed by atoms with E-state index in [4.69, 9.17) is 9.47 Å². The van der Waals surface area contributed by atoms with Crippen LogP contribution in [0.4, 0.5) is 0 Å². The largest absolute Gasteiger partial charge is 0.425 e. The highest BCUT2D eigenvalue weighted by molar-refractivity contribution is 5.75. The van der Waals surface area contributed by atoms with E-state index in [1.807, 2.05) is 32.0 Å². The molecule has 0 spiro atoms. The highest BCUT2D eigenvalue weighted by atomic mass is 16.5. The summed E-state index contributed by atoms with van der Waals surface area (Å²) in [5.41, 5.74) is 2.00. The Morgan fingerprint density at radius 1 is 1.37 bits per heavy atom. The van der Waals surface area contributed by atoms with Gasteiger partial charge < -0.3 is 9.47 Å². The maximum Gasteiger partial charge on any atom is 0.325 e. The van der Waals surface area contributed by atoms with Crippen molar-refractivity contribution in [3.8, 4) is 5.75 Å². The molecule has 2 fully saturated rings. The fourth-order valence-corrected chi connectivity index (χ4v) is 2.82. The van der Waals surface area contributed by atoms with Crippen molar-refractivity contribution in [1.29, 1.82) is 0 Å². The number of carbonyl (C=O) groups is 1. The van der Waals surface area contributed by atoms with Crippen molar-refractivity contribution in [2.24, 2.45) is 5.92 Å². The number of ether oxygens (including phenoxy) is 2. The number of aryl methyl sites for hydroxylation is 2. The average Bonchev–Trinajstić information content (AvgIpc) is 2.61. The minimum absolute atomic E-state index is 0.182. The Morgan fingerprint density at radius 2 is 2.11 bits per heavy atom. The van der Waals surface area contributed by atoms with Crippen molar-refractivity contribution in [3.63, 3.8) is 0 Å². The molecule has 0 radical (unpaired) electrons. The summed E-state index contributed by atoms with van der Waals surface area (Å²) in [6.07, 6.45) is 0.341. The van der Waals surface area contributed by atoms with E-state index in [1.165, 1.54) is 0 Å². The van der Waals surface area contributed by atoms with Gasteiger partial charge in [-0.3, -0.25) is 9.69 Å². The van der Waals surface area contributed by atoms with E-state index >= 15 is 0 Å². The number of benzene rings is 1. The van der Waals surface area contributed by atoms with Crippen molar-refractivity contribution in [2.45, 2.75) is 20.0 Å². The molecule has 0 aliphatic carbocycles. The third kappa shape index (κ3) is 2.51. The van der Waals surface area contributed by atoms with Gasteiger partial charge in [0.15, 0.2) is 0 Å². The molecular weight excluding hydrogens is 242 g/mol. The minimum Gasteiger partial charge on any atom is -0.425 e. The molecule has 2 heterocycles. The Bertz CT molecular complexity index is 468. The fraction of sp³-hybridized carbons (Fsp3) is 0.533. The first kappa shape index (κ1) is 12.6. The smallest absolute Gasteiger partial charge is 0.325 e. The van der Waals surface area contributed by atoms with Gasteiger partial charge in [0.2, 0.25) is 0 Å². The summed E-state index contributed by atoms with van der Waals surface area (Å²) in [6.45, 7) is 6.91. The van der Waals surface area contributed by atoms with Crippen LogP contribution in [0.2, 0.25) is 0 Å². The Morgan fingerprint density at radius 3 is 2.63 bits per heavy atom. The number of rotatable bonds is 3. The molecule has 1 aromatic rings. The van der Waals surface area contributed by atoms with E-state index in [0.717, 1.165) is 30.8 Å². The molecule has 4 nitrogen and oxygen atoms in total. The number of fused-ring (bicyclic) bond motifs is 1. The Hall–Kier alpha value is -1.39. The lowest BCUT2D eigenvalue weighted by molar-refractivity contribution is -0.135. The predicted molar refractivity (Wildman–Crippen MR) is 71.2 cm³/mol. The van der Waals surface area contributed by atoms with Gasteiger partial charge in [-0.25, -0.2) is 0 Å². The lowest BCUT2D eigenvalue weighted by Crippen LogP contribution is -2.37. The molecule has 2 saturated heterocycles. The second-order valence-corrected chi connectivity index (χ2v) is 5.52. The number of para-hydroxylation sites is 1. The van der Waals surface area contributed by atoms with Crippen molar-refractivity contribution < 1.29 is 14.3 Å². The first-order valence-electron chi connectivity index (χ1n) is 6.74. The molecule has 0 N–H and O–H groups in total. The van der Waals surface area contributed by atoms with Gasteiger partial charge in [-0.15, -0.1) is 0 Å². The van der Waals surface area contributed by atoms with Crippen LogP contribution in [0.1, 0.15) is 11.1 Å². The van der Waals surface area contributed by atoms with Crippen LogP contribution in [-0.2, 0) is 9.53 Å². The predicted octanol–water partition coefficient (Wildman–Crippen LogP) is 1.54. The molecule has 2 atom stereocenters. The third-order valence-corrected chi connectivity index (χ3v) is 3.96. The van der Waals surface area contributed by atoms with Crippen LogP contribution >= 0.6 is 0 Å². The summed E-state index contributed by atoms with van der Waals surface area (Å²) in [4.78, 5) is 14.1. The second kappa shape index (κ2) is 4.94. The molecular formula is C15H19NO3. The normalized spacial score (nSPS) is 25.8.